The SMILES string of the molecule is C=CC[NH2+]Cc1c(OCC)ccc2ccccc12. The third-order valence-corrected chi connectivity index (χ3v) is 2.98. The van der Waals surface area contributed by atoms with E-state index in [1.807, 2.05) is 13.0 Å². The molecule has 0 fully saturated rings. The largest absolute Gasteiger partial charge is 0.493 e. The Morgan fingerprint density at radius 1 is 1.22 bits per heavy atom. The van der Waals surface area contributed by atoms with Crippen LogP contribution in [-0.2, 0) is 6.54 Å². The van der Waals surface area contributed by atoms with Crippen LogP contribution in [0.4, 0.5) is 0 Å². The summed E-state index contributed by atoms with van der Waals surface area (Å²) in [6, 6.07) is 12.6. The van der Waals surface area contributed by atoms with Gasteiger partial charge in [0.25, 0.3) is 0 Å². The normalized spacial score (nSPS) is 10.5. The number of hydrogen-bond donors (Lipinski definition) is 1. The zero-order chi connectivity index (χ0) is 12.8. The predicted molar refractivity (Wildman–Crippen MR) is 75.8 cm³/mol. The maximum absolute atomic E-state index is 5.73. The van der Waals surface area contributed by atoms with Crippen LogP contribution < -0.4 is 10.1 Å². The van der Waals surface area contributed by atoms with Crippen LogP contribution in [0.25, 0.3) is 10.8 Å². The molecular formula is C16H20NO+. The molecule has 0 saturated heterocycles. The predicted octanol–water partition coefficient (Wildman–Crippen LogP) is 2.49. The minimum atomic E-state index is 0.701. The summed E-state index contributed by atoms with van der Waals surface area (Å²) in [6.45, 7) is 8.32. The highest BCUT2D eigenvalue weighted by molar-refractivity contribution is 5.87. The number of ether oxygens (including phenoxy) is 1. The van der Waals surface area contributed by atoms with E-state index in [9.17, 15) is 0 Å². The van der Waals surface area contributed by atoms with E-state index < -0.39 is 0 Å². The first-order valence-corrected chi connectivity index (χ1v) is 6.42. The number of benzene rings is 2. The molecule has 0 aliphatic heterocycles. The van der Waals surface area contributed by atoms with Crippen molar-refractivity contribution < 1.29 is 10.1 Å². The summed E-state index contributed by atoms with van der Waals surface area (Å²) in [5, 5.41) is 4.78. The molecule has 2 aromatic carbocycles. The lowest BCUT2D eigenvalue weighted by Crippen LogP contribution is -2.82. The molecule has 0 aliphatic rings. The van der Waals surface area contributed by atoms with Gasteiger partial charge in [-0.15, -0.1) is 0 Å². The molecule has 0 saturated carbocycles. The van der Waals surface area contributed by atoms with Gasteiger partial charge in [-0.3, -0.25) is 0 Å². The highest BCUT2D eigenvalue weighted by Crippen LogP contribution is 2.27. The molecule has 2 rings (SSSR count). The molecule has 18 heavy (non-hydrogen) atoms. The van der Waals surface area contributed by atoms with E-state index in [0.717, 1.165) is 18.8 Å². The van der Waals surface area contributed by atoms with Crippen molar-refractivity contribution in [3.63, 3.8) is 0 Å². The molecule has 0 unspecified atom stereocenters. The van der Waals surface area contributed by atoms with Crippen LogP contribution in [0.15, 0.2) is 49.1 Å². The van der Waals surface area contributed by atoms with Gasteiger partial charge in [0.15, 0.2) is 0 Å². The number of rotatable bonds is 6. The van der Waals surface area contributed by atoms with Crippen LogP contribution in [0.2, 0.25) is 0 Å². The first-order valence-electron chi connectivity index (χ1n) is 6.42. The average Bonchev–Trinajstić information content (AvgIpc) is 2.41. The first-order chi connectivity index (χ1) is 8.86. The Bertz CT molecular complexity index is 534. The van der Waals surface area contributed by atoms with Crippen LogP contribution in [0, 0.1) is 0 Å². The summed E-state index contributed by atoms with van der Waals surface area (Å²) < 4.78 is 5.73. The number of nitrogens with two attached hydrogens (primary N) is 1. The van der Waals surface area contributed by atoms with Crippen molar-refractivity contribution in [1.29, 1.82) is 0 Å². The minimum absolute atomic E-state index is 0.701. The van der Waals surface area contributed by atoms with Crippen molar-refractivity contribution in [2.24, 2.45) is 0 Å². The molecular weight excluding hydrogens is 222 g/mol. The highest BCUT2D eigenvalue weighted by atomic mass is 16.5. The first kappa shape index (κ1) is 12.7. The molecule has 0 aromatic heterocycles. The smallest absolute Gasteiger partial charge is 0.128 e. The van der Waals surface area contributed by atoms with Crippen LogP contribution in [0.1, 0.15) is 12.5 Å². The van der Waals surface area contributed by atoms with E-state index in [1.54, 1.807) is 0 Å². The molecule has 0 radical (unpaired) electrons. The molecule has 2 aromatic rings. The molecule has 0 atom stereocenters. The second-order valence-electron chi connectivity index (χ2n) is 4.21. The van der Waals surface area contributed by atoms with Crippen LogP contribution >= 0.6 is 0 Å². The fourth-order valence-electron chi connectivity index (χ4n) is 2.16. The Morgan fingerprint density at radius 2 is 2.06 bits per heavy atom. The summed E-state index contributed by atoms with van der Waals surface area (Å²) in [5.74, 6) is 0.997. The van der Waals surface area contributed by atoms with Gasteiger partial charge in [0, 0.05) is 0 Å². The fraction of sp³-hybridized carbons (Fsp3) is 0.250. The second kappa shape index (κ2) is 6.22. The van der Waals surface area contributed by atoms with Gasteiger partial charge in [-0.1, -0.05) is 36.9 Å². The van der Waals surface area contributed by atoms with Gasteiger partial charge in [0.05, 0.1) is 18.7 Å². The average molecular weight is 242 g/mol. The van der Waals surface area contributed by atoms with Crippen LogP contribution in [0.5, 0.6) is 5.75 Å². The maximum atomic E-state index is 5.73. The topological polar surface area (TPSA) is 25.8 Å². The second-order valence-corrected chi connectivity index (χ2v) is 4.21. The van der Waals surface area contributed by atoms with Gasteiger partial charge in [0.2, 0.25) is 0 Å². The van der Waals surface area contributed by atoms with Gasteiger partial charge >= 0.3 is 0 Å². The molecule has 2 N–H and O–H groups in total. The third-order valence-electron chi connectivity index (χ3n) is 2.98. The molecule has 2 nitrogen and oxygen atoms in total. The summed E-state index contributed by atoms with van der Waals surface area (Å²) >= 11 is 0. The third kappa shape index (κ3) is 2.71. The Morgan fingerprint density at radius 3 is 2.83 bits per heavy atom. The number of fused-ring (bicyclic) bond motifs is 1. The molecule has 0 spiro atoms. The Balaban J connectivity index is 2.41. The monoisotopic (exact) mass is 242 g/mol. The summed E-state index contributed by atoms with van der Waals surface area (Å²) in [6.07, 6.45) is 1.92. The Hall–Kier alpha value is -1.80. The van der Waals surface area contributed by atoms with Gasteiger partial charge in [0.1, 0.15) is 12.3 Å². The maximum Gasteiger partial charge on any atom is 0.128 e. The quantitative estimate of drug-likeness (QED) is 0.611. The van der Waals surface area contributed by atoms with Gasteiger partial charge < -0.3 is 10.1 Å². The van der Waals surface area contributed by atoms with Crippen molar-refractivity contribution >= 4 is 10.8 Å². The van der Waals surface area contributed by atoms with Crippen LogP contribution in [-0.4, -0.2) is 13.2 Å². The standard InChI is InChI=1S/C16H19NO/c1-3-11-17-12-15-14-8-6-5-7-13(14)9-10-16(15)18-4-2/h3,5-10,17H,1,4,11-12H2,2H3/p+1. The van der Waals surface area contributed by atoms with Gasteiger partial charge in [-0.2, -0.15) is 0 Å². The number of quaternary nitrogens is 1. The Kier molecular flexibility index (Phi) is 4.37. The van der Waals surface area contributed by atoms with Crippen molar-refractivity contribution in [3.8, 4) is 5.75 Å². The van der Waals surface area contributed by atoms with Crippen molar-refractivity contribution in [3.05, 3.63) is 54.6 Å². The van der Waals surface area contributed by atoms with Gasteiger partial charge in [-0.25, -0.2) is 0 Å². The van der Waals surface area contributed by atoms with E-state index in [-0.39, 0.29) is 0 Å². The highest BCUT2D eigenvalue weighted by Gasteiger charge is 2.09. The van der Waals surface area contributed by atoms with Gasteiger partial charge in [-0.05, 0) is 29.8 Å². The lowest BCUT2D eigenvalue weighted by molar-refractivity contribution is -0.661. The molecule has 0 heterocycles. The lowest BCUT2D eigenvalue weighted by atomic mass is 10.0. The summed E-state index contributed by atoms with van der Waals surface area (Å²) in [7, 11) is 0. The van der Waals surface area contributed by atoms with Crippen molar-refractivity contribution in [2.45, 2.75) is 13.5 Å². The molecule has 2 heteroatoms. The summed E-state index contributed by atoms with van der Waals surface area (Å²) in [5.41, 5.74) is 1.27. The van der Waals surface area contributed by atoms with E-state index >= 15 is 0 Å². The van der Waals surface area contributed by atoms with Crippen molar-refractivity contribution in [1.82, 2.24) is 0 Å². The van der Waals surface area contributed by atoms with E-state index in [4.69, 9.17) is 4.74 Å². The molecule has 94 valence electrons. The molecule has 0 amide bonds. The van der Waals surface area contributed by atoms with Crippen LogP contribution in [0.3, 0.4) is 0 Å². The van der Waals surface area contributed by atoms with Crippen molar-refractivity contribution in [2.75, 3.05) is 13.2 Å². The zero-order valence-corrected chi connectivity index (χ0v) is 10.9. The fourth-order valence-corrected chi connectivity index (χ4v) is 2.16. The summed E-state index contributed by atoms with van der Waals surface area (Å²) in [4.78, 5) is 0. The van der Waals surface area contributed by atoms with E-state index in [1.165, 1.54) is 16.3 Å². The lowest BCUT2D eigenvalue weighted by Gasteiger charge is -2.12. The molecule has 0 aliphatic carbocycles. The Labute approximate surface area is 108 Å². The minimum Gasteiger partial charge on any atom is -0.493 e. The molecule has 0 bridgehead atoms. The van der Waals surface area contributed by atoms with E-state index in [0.29, 0.717) is 6.61 Å². The zero-order valence-electron chi connectivity index (χ0n) is 10.9. The van der Waals surface area contributed by atoms with E-state index in [2.05, 4.69) is 48.3 Å². The number of hydrogen-bond acceptors (Lipinski definition) is 1.